The molecule has 2 aromatic rings. The summed E-state index contributed by atoms with van der Waals surface area (Å²) in [5, 5.41) is 18.3. The van der Waals surface area contributed by atoms with Gasteiger partial charge in [-0.25, -0.2) is 0 Å². The van der Waals surface area contributed by atoms with Gasteiger partial charge in [-0.05, 0) is 30.3 Å². The number of nitrogens with one attached hydrogen (secondary N) is 3. The molecule has 4 N–H and O–H groups in total. The number of hydrogen-bond acceptors (Lipinski definition) is 5. The van der Waals surface area contributed by atoms with E-state index < -0.39 is 6.10 Å². The predicted molar refractivity (Wildman–Crippen MR) is 87.8 cm³/mol. The van der Waals surface area contributed by atoms with E-state index in [4.69, 9.17) is 4.42 Å². The van der Waals surface area contributed by atoms with Crippen LogP contribution in [-0.4, -0.2) is 42.7 Å². The second-order valence-electron chi connectivity index (χ2n) is 5.71. The van der Waals surface area contributed by atoms with Crippen LogP contribution in [0.4, 0.5) is 5.69 Å². The molecule has 24 heavy (non-hydrogen) atoms. The third kappa shape index (κ3) is 3.81. The Balaban J connectivity index is 1.59. The standard InChI is InChI=1S/C17H19N3O4/c21-14-10-18-8-12(14)9-19-16(22)11-3-1-4-13(7-11)20-17(23)15-5-2-6-24-15/h1-7,12,14,18,21H,8-10H2,(H,19,22)(H,20,23). The first kappa shape index (κ1) is 16.2. The molecule has 2 amide bonds. The van der Waals surface area contributed by atoms with Gasteiger partial charge in [0.25, 0.3) is 11.8 Å². The van der Waals surface area contributed by atoms with Crippen LogP contribution >= 0.6 is 0 Å². The van der Waals surface area contributed by atoms with Crippen LogP contribution in [0.3, 0.4) is 0 Å². The lowest BCUT2D eigenvalue weighted by atomic mass is 10.1. The first-order valence-electron chi connectivity index (χ1n) is 7.75. The maximum atomic E-state index is 12.2. The summed E-state index contributed by atoms with van der Waals surface area (Å²) in [7, 11) is 0. The average molecular weight is 329 g/mol. The summed E-state index contributed by atoms with van der Waals surface area (Å²) < 4.78 is 5.03. The zero-order valence-corrected chi connectivity index (χ0v) is 13.0. The average Bonchev–Trinajstić information content (AvgIpc) is 3.24. The molecule has 7 heteroatoms. The van der Waals surface area contributed by atoms with Gasteiger partial charge in [0.2, 0.25) is 0 Å². The molecule has 126 valence electrons. The second-order valence-corrected chi connectivity index (χ2v) is 5.71. The van der Waals surface area contributed by atoms with E-state index in [1.807, 2.05) is 0 Å². The lowest BCUT2D eigenvalue weighted by Gasteiger charge is -2.14. The minimum atomic E-state index is -0.441. The molecule has 1 saturated heterocycles. The molecule has 0 aliphatic carbocycles. The maximum Gasteiger partial charge on any atom is 0.291 e. The van der Waals surface area contributed by atoms with Gasteiger partial charge in [-0.2, -0.15) is 0 Å². The van der Waals surface area contributed by atoms with Gasteiger partial charge in [-0.3, -0.25) is 9.59 Å². The van der Waals surface area contributed by atoms with Gasteiger partial charge >= 0.3 is 0 Å². The van der Waals surface area contributed by atoms with Crippen LogP contribution in [0.5, 0.6) is 0 Å². The van der Waals surface area contributed by atoms with Gasteiger partial charge in [0, 0.05) is 36.8 Å². The number of aliphatic hydroxyl groups is 1. The van der Waals surface area contributed by atoms with E-state index in [1.54, 1.807) is 36.4 Å². The molecule has 7 nitrogen and oxygen atoms in total. The van der Waals surface area contributed by atoms with Crippen molar-refractivity contribution in [3.63, 3.8) is 0 Å². The number of rotatable bonds is 5. The number of carbonyl (C=O) groups excluding carboxylic acids is 2. The zero-order chi connectivity index (χ0) is 16.9. The zero-order valence-electron chi connectivity index (χ0n) is 13.0. The summed E-state index contributed by atoms with van der Waals surface area (Å²) in [6, 6.07) is 9.85. The van der Waals surface area contributed by atoms with E-state index in [-0.39, 0.29) is 23.5 Å². The molecule has 1 fully saturated rings. The van der Waals surface area contributed by atoms with Gasteiger partial charge in [-0.15, -0.1) is 0 Å². The second kappa shape index (κ2) is 7.29. The Morgan fingerprint density at radius 3 is 2.79 bits per heavy atom. The molecule has 0 saturated carbocycles. The minimum Gasteiger partial charge on any atom is -0.459 e. The first-order valence-corrected chi connectivity index (χ1v) is 7.75. The van der Waals surface area contributed by atoms with Crippen LogP contribution in [0.25, 0.3) is 0 Å². The van der Waals surface area contributed by atoms with E-state index in [1.165, 1.54) is 6.26 Å². The van der Waals surface area contributed by atoms with E-state index in [0.29, 0.717) is 30.9 Å². The van der Waals surface area contributed by atoms with Crippen molar-refractivity contribution in [3.8, 4) is 0 Å². The van der Waals surface area contributed by atoms with Crippen LogP contribution in [-0.2, 0) is 0 Å². The normalized spacial score (nSPS) is 19.9. The Hall–Kier alpha value is -2.64. The van der Waals surface area contributed by atoms with Crippen LogP contribution in [0.15, 0.2) is 47.1 Å². The quantitative estimate of drug-likeness (QED) is 0.651. The molecule has 0 bridgehead atoms. The third-order valence-electron chi connectivity index (χ3n) is 3.96. The molecule has 0 spiro atoms. The molecule has 1 aromatic carbocycles. The molecule has 2 atom stereocenters. The van der Waals surface area contributed by atoms with Crippen molar-refractivity contribution in [2.45, 2.75) is 6.10 Å². The minimum absolute atomic E-state index is 0.00999. The number of benzene rings is 1. The molecule has 0 radical (unpaired) electrons. The van der Waals surface area contributed by atoms with Gasteiger partial charge in [-0.1, -0.05) is 6.07 Å². The largest absolute Gasteiger partial charge is 0.459 e. The molecular formula is C17H19N3O4. The van der Waals surface area contributed by atoms with Crippen LogP contribution in [0.1, 0.15) is 20.9 Å². The van der Waals surface area contributed by atoms with Crippen molar-refractivity contribution in [2.24, 2.45) is 5.92 Å². The summed E-state index contributed by atoms with van der Waals surface area (Å²) in [5.74, 6) is -0.413. The lowest BCUT2D eigenvalue weighted by molar-refractivity contribution is 0.0925. The van der Waals surface area contributed by atoms with E-state index in [9.17, 15) is 14.7 Å². The van der Waals surface area contributed by atoms with Gasteiger partial charge < -0.3 is 25.5 Å². The predicted octanol–water partition coefficient (Wildman–Crippen LogP) is 0.842. The summed E-state index contributed by atoms with van der Waals surface area (Å²) in [5.41, 5.74) is 0.944. The SMILES string of the molecule is O=C(NCC1CNCC1O)c1cccc(NC(=O)c2ccco2)c1. The fourth-order valence-electron chi connectivity index (χ4n) is 2.59. The Labute approximate surface area is 139 Å². The van der Waals surface area contributed by atoms with Crippen molar-refractivity contribution in [1.29, 1.82) is 0 Å². The molecule has 1 aliphatic rings. The number of furan rings is 1. The van der Waals surface area contributed by atoms with E-state index >= 15 is 0 Å². The maximum absolute atomic E-state index is 12.2. The first-order chi connectivity index (χ1) is 11.6. The molecule has 2 heterocycles. The molecule has 3 rings (SSSR count). The molecule has 1 aliphatic heterocycles. The Morgan fingerprint density at radius 1 is 1.21 bits per heavy atom. The summed E-state index contributed by atoms with van der Waals surface area (Å²) >= 11 is 0. The summed E-state index contributed by atoms with van der Waals surface area (Å²) in [4.78, 5) is 24.2. The smallest absolute Gasteiger partial charge is 0.291 e. The van der Waals surface area contributed by atoms with Crippen molar-refractivity contribution >= 4 is 17.5 Å². The van der Waals surface area contributed by atoms with Crippen molar-refractivity contribution < 1.29 is 19.1 Å². The number of anilines is 1. The van der Waals surface area contributed by atoms with Crippen molar-refractivity contribution in [3.05, 3.63) is 54.0 Å². The van der Waals surface area contributed by atoms with E-state index in [2.05, 4.69) is 16.0 Å². The summed E-state index contributed by atoms with van der Waals surface area (Å²) in [6.45, 7) is 1.63. The third-order valence-corrected chi connectivity index (χ3v) is 3.96. The monoisotopic (exact) mass is 329 g/mol. The highest BCUT2D eigenvalue weighted by Crippen LogP contribution is 2.13. The number of carbonyl (C=O) groups is 2. The Morgan fingerprint density at radius 2 is 2.08 bits per heavy atom. The molecular weight excluding hydrogens is 310 g/mol. The highest BCUT2D eigenvalue weighted by molar-refractivity contribution is 6.03. The number of β-amino-alcohol motifs (C(OH)–C–C–N with tert-alkyl or cyclic N) is 1. The number of amides is 2. The van der Waals surface area contributed by atoms with Crippen LogP contribution < -0.4 is 16.0 Å². The van der Waals surface area contributed by atoms with Gasteiger partial charge in [0.05, 0.1) is 12.4 Å². The highest BCUT2D eigenvalue weighted by atomic mass is 16.3. The lowest BCUT2D eigenvalue weighted by Crippen LogP contribution is -2.34. The highest BCUT2D eigenvalue weighted by Gasteiger charge is 2.25. The fraction of sp³-hybridized carbons (Fsp3) is 0.294. The fourth-order valence-corrected chi connectivity index (χ4v) is 2.59. The van der Waals surface area contributed by atoms with E-state index in [0.717, 1.165) is 0 Å². The molecule has 1 aromatic heterocycles. The van der Waals surface area contributed by atoms with Crippen molar-refractivity contribution in [2.75, 3.05) is 25.0 Å². The van der Waals surface area contributed by atoms with Crippen LogP contribution in [0.2, 0.25) is 0 Å². The topological polar surface area (TPSA) is 104 Å². The Bertz CT molecular complexity index is 714. The van der Waals surface area contributed by atoms with Gasteiger partial charge in [0.15, 0.2) is 5.76 Å². The van der Waals surface area contributed by atoms with Crippen molar-refractivity contribution in [1.82, 2.24) is 10.6 Å². The summed E-state index contributed by atoms with van der Waals surface area (Å²) in [6.07, 6.45) is 0.981. The Kier molecular flexibility index (Phi) is 4.93. The number of hydrogen-bond donors (Lipinski definition) is 4. The number of aliphatic hydroxyl groups excluding tert-OH is 1. The molecule has 2 unspecified atom stereocenters. The van der Waals surface area contributed by atoms with Crippen LogP contribution in [0, 0.1) is 5.92 Å². The van der Waals surface area contributed by atoms with Gasteiger partial charge in [0.1, 0.15) is 0 Å².